The summed E-state index contributed by atoms with van der Waals surface area (Å²) in [5.41, 5.74) is -0.414. The van der Waals surface area contributed by atoms with Crippen LogP contribution in [0.5, 0.6) is 0 Å². The first-order valence-corrected chi connectivity index (χ1v) is 7.25. The second-order valence-corrected chi connectivity index (χ2v) is 6.08. The molecule has 112 valence electrons. The van der Waals surface area contributed by atoms with Crippen molar-refractivity contribution >= 4 is 6.03 Å². The number of carbonyl (C=O) groups is 1. The Bertz CT molecular complexity index is 276. The summed E-state index contributed by atoms with van der Waals surface area (Å²) in [6.07, 6.45) is 3.84. The van der Waals surface area contributed by atoms with Crippen molar-refractivity contribution in [1.82, 2.24) is 10.6 Å². The van der Waals surface area contributed by atoms with Crippen molar-refractivity contribution in [2.75, 3.05) is 19.8 Å². The second-order valence-electron chi connectivity index (χ2n) is 6.08. The molecule has 1 atom stereocenters. The van der Waals surface area contributed by atoms with Crippen molar-refractivity contribution in [3.63, 3.8) is 0 Å². The molecular formula is C14H28N2O3. The molecule has 0 spiro atoms. The van der Waals surface area contributed by atoms with Crippen molar-refractivity contribution in [3.05, 3.63) is 0 Å². The maximum atomic E-state index is 11.9. The van der Waals surface area contributed by atoms with Crippen LogP contribution in [0, 0.1) is 5.92 Å². The van der Waals surface area contributed by atoms with Gasteiger partial charge in [-0.2, -0.15) is 0 Å². The number of aliphatic hydroxyl groups is 1. The van der Waals surface area contributed by atoms with Gasteiger partial charge in [-0.15, -0.1) is 0 Å². The Morgan fingerprint density at radius 2 is 1.89 bits per heavy atom. The van der Waals surface area contributed by atoms with Crippen LogP contribution in [0.2, 0.25) is 0 Å². The highest BCUT2D eigenvalue weighted by Crippen LogP contribution is 2.28. The predicted molar refractivity (Wildman–Crippen MR) is 75.1 cm³/mol. The van der Waals surface area contributed by atoms with Gasteiger partial charge < -0.3 is 20.5 Å². The quantitative estimate of drug-likeness (QED) is 0.660. The number of ether oxygens (including phenoxy) is 1. The van der Waals surface area contributed by atoms with Gasteiger partial charge >= 0.3 is 6.03 Å². The summed E-state index contributed by atoms with van der Waals surface area (Å²) in [5, 5.41) is 15.2. The van der Waals surface area contributed by atoms with Gasteiger partial charge in [0.05, 0.1) is 24.8 Å². The molecule has 19 heavy (non-hydrogen) atoms. The van der Waals surface area contributed by atoms with Gasteiger partial charge in [0.25, 0.3) is 0 Å². The predicted octanol–water partition coefficient (Wildman–Crippen LogP) is 1.65. The number of rotatable bonds is 7. The van der Waals surface area contributed by atoms with Crippen molar-refractivity contribution < 1.29 is 14.6 Å². The molecule has 1 aliphatic carbocycles. The van der Waals surface area contributed by atoms with Crippen LogP contribution in [0.15, 0.2) is 0 Å². The molecule has 0 aromatic heterocycles. The summed E-state index contributed by atoms with van der Waals surface area (Å²) in [5.74, 6) is 0.497. The maximum Gasteiger partial charge on any atom is 0.315 e. The molecule has 1 aliphatic rings. The highest BCUT2D eigenvalue weighted by molar-refractivity contribution is 5.75. The first-order valence-electron chi connectivity index (χ1n) is 7.25. The molecule has 0 aromatic carbocycles. The minimum absolute atomic E-state index is 0.0125. The summed E-state index contributed by atoms with van der Waals surface area (Å²) in [7, 11) is 0. The topological polar surface area (TPSA) is 70.6 Å². The van der Waals surface area contributed by atoms with Crippen LogP contribution in [0.3, 0.4) is 0 Å². The lowest BCUT2D eigenvalue weighted by Crippen LogP contribution is -2.54. The Balaban J connectivity index is 2.26. The van der Waals surface area contributed by atoms with Crippen LogP contribution in [0.4, 0.5) is 4.79 Å². The van der Waals surface area contributed by atoms with Gasteiger partial charge in [-0.3, -0.25) is 0 Å². The van der Waals surface area contributed by atoms with Gasteiger partial charge in [-0.25, -0.2) is 4.79 Å². The van der Waals surface area contributed by atoms with E-state index >= 15 is 0 Å². The van der Waals surface area contributed by atoms with Gasteiger partial charge in [0.1, 0.15) is 0 Å². The van der Waals surface area contributed by atoms with E-state index < -0.39 is 5.54 Å². The summed E-state index contributed by atoms with van der Waals surface area (Å²) in [4.78, 5) is 11.9. The maximum absolute atomic E-state index is 11.9. The normalized spacial score (nSPS) is 19.4. The molecule has 2 amide bonds. The minimum atomic E-state index is -0.414. The van der Waals surface area contributed by atoms with Crippen molar-refractivity contribution in [3.8, 4) is 0 Å². The Hall–Kier alpha value is -0.810. The van der Waals surface area contributed by atoms with Gasteiger partial charge in [0, 0.05) is 6.61 Å². The lowest BCUT2D eigenvalue weighted by atomic mass is 9.99. The third kappa shape index (κ3) is 5.78. The van der Waals surface area contributed by atoms with Gasteiger partial charge in [0.15, 0.2) is 0 Å². The zero-order valence-electron chi connectivity index (χ0n) is 12.4. The summed E-state index contributed by atoms with van der Waals surface area (Å²) >= 11 is 0. The molecular weight excluding hydrogens is 244 g/mol. The van der Waals surface area contributed by atoms with Gasteiger partial charge in [-0.1, -0.05) is 26.7 Å². The number of hydrogen-bond acceptors (Lipinski definition) is 3. The zero-order valence-corrected chi connectivity index (χ0v) is 12.4. The molecule has 0 aliphatic heterocycles. The van der Waals surface area contributed by atoms with Crippen molar-refractivity contribution in [2.24, 2.45) is 5.92 Å². The third-order valence-electron chi connectivity index (χ3n) is 3.44. The largest absolute Gasteiger partial charge is 0.394 e. The number of aliphatic hydroxyl groups excluding tert-OH is 1. The fourth-order valence-electron chi connectivity index (χ4n) is 2.40. The Morgan fingerprint density at radius 1 is 1.26 bits per heavy atom. The van der Waals surface area contributed by atoms with E-state index in [1.807, 2.05) is 6.92 Å². The Kier molecular flexibility index (Phi) is 6.58. The number of nitrogens with one attached hydrogen (secondary N) is 2. The second kappa shape index (κ2) is 7.70. The molecule has 0 bridgehead atoms. The number of urea groups is 1. The lowest BCUT2D eigenvalue weighted by Gasteiger charge is -2.29. The van der Waals surface area contributed by atoms with E-state index in [4.69, 9.17) is 4.74 Å². The number of carbonyl (C=O) groups excluding carboxylic acids is 1. The van der Waals surface area contributed by atoms with E-state index in [1.165, 1.54) is 0 Å². The summed E-state index contributed by atoms with van der Waals surface area (Å²) in [6.45, 7) is 7.33. The molecule has 1 rings (SSSR count). The van der Waals surface area contributed by atoms with Crippen molar-refractivity contribution in [1.29, 1.82) is 0 Å². The number of amides is 2. The molecule has 5 heteroatoms. The van der Waals surface area contributed by atoms with E-state index in [1.54, 1.807) is 0 Å². The van der Waals surface area contributed by atoms with Crippen molar-refractivity contribution in [2.45, 2.75) is 58.0 Å². The Labute approximate surface area is 116 Å². The summed E-state index contributed by atoms with van der Waals surface area (Å²) in [6, 6.07) is -0.243. The minimum Gasteiger partial charge on any atom is -0.394 e. The Morgan fingerprint density at radius 3 is 2.42 bits per heavy atom. The molecule has 0 radical (unpaired) electrons. The van der Waals surface area contributed by atoms with Gasteiger partial charge in [0.2, 0.25) is 0 Å². The van der Waals surface area contributed by atoms with E-state index in [9.17, 15) is 9.90 Å². The van der Waals surface area contributed by atoms with Crippen LogP contribution in [0.1, 0.15) is 46.5 Å². The molecule has 1 fully saturated rings. The van der Waals surface area contributed by atoms with Gasteiger partial charge in [-0.05, 0) is 25.7 Å². The number of hydrogen-bond donors (Lipinski definition) is 3. The summed E-state index contributed by atoms with van der Waals surface area (Å²) < 4.78 is 5.49. The molecule has 0 aromatic rings. The van der Waals surface area contributed by atoms with E-state index in [2.05, 4.69) is 24.5 Å². The molecule has 5 nitrogen and oxygen atoms in total. The fraction of sp³-hybridized carbons (Fsp3) is 0.929. The van der Waals surface area contributed by atoms with E-state index in [-0.39, 0.29) is 18.7 Å². The monoisotopic (exact) mass is 272 g/mol. The van der Waals surface area contributed by atoms with E-state index in [0.717, 1.165) is 25.7 Å². The molecule has 1 saturated carbocycles. The average molecular weight is 272 g/mol. The highest BCUT2D eigenvalue weighted by Gasteiger charge is 2.34. The third-order valence-corrected chi connectivity index (χ3v) is 3.44. The SMILES string of the molecule is CC(C)COC[C@@H](C)NC(=O)NC1(CO)CCCC1. The standard InChI is InChI=1S/C14H28N2O3/c1-11(2)8-19-9-12(3)15-13(18)16-14(10-17)6-4-5-7-14/h11-12,17H,4-10H2,1-3H3,(H2,15,16,18)/t12-/m1/s1. The van der Waals surface area contributed by atoms with Crippen LogP contribution in [-0.4, -0.2) is 42.5 Å². The zero-order chi connectivity index (χ0) is 14.3. The first kappa shape index (κ1) is 16.2. The van der Waals surface area contributed by atoms with Crippen LogP contribution in [0.25, 0.3) is 0 Å². The van der Waals surface area contributed by atoms with Crippen LogP contribution >= 0.6 is 0 Å². The van der Waals surface area contributed by atoms with Crippen LogP contribution < -0.4 is 10.6 Å². The van der Waals surface area contributed by atoms with E-state index in [0.29, 0.717) is 19.1 Å². The van der Waals surface area contributed by atoms with Crippen LogP contribution in [-0.2, 0) is 4.74 Å². The first-order chi connectivity index (χ1) is 8.97. The highest BCUT2D eigenvalue weighted by atomic mass is 16.5. The lowest BCUT2D eigenvalue weighted by molar-refractivity contribution is 0.0942. The molecule has 0 unspecified atom stereocenters. The molecule has 0 heterocycles. The smallest absolute Gasteiger partial charge is 0.315 e. The molecule has 0 saturated heterocycles. The fourth-order valence-corrected chi connectivity index (χ4v) is 2.40. The average Bonchev–Trinajstić information content (AvgIpc) is 2.77. The molecule has 3 N–H and O–H groups in total.